The summed E-state index contributed by atoms with van der Waals surface area (Å²) in [5.74, 6) is 1.39. The molecule has 8 nitrogen and oxygen atoms in total. The molecule has 0 radical (unpaired) electrons. The quantitative estimate of drug-likeness (QED) is 0.444. The number of nitrogens with one attached hydrogen (secondary N) is 3. The summed E-state index contributed by atoms with van der Waals surface area (Å²) in [5.41, 5.74) is 1.72. The number of carbonyl (C=O) groups is 2. The molecular weight excluding hydrogens is 414 g/mol. The van der Waals surface area contributed by atoms with Gasteiger partial charge in [-0.15, -0.1) is 10.2 Å². The summed E-state index contributed by atoms with van der Waals surface area (Å²) in [6, 6.07) is 16.3. The van der Waals surface area contributed by atoms with Crippen LogP contribution < -0.4 is 10.6 Å². The molecule has 0 saturated heterocycles. The zero-order chi connectivity index (χ0) is 21.2. The number of aromatic nitrogens is 3. The molecule has 0 bridgehead atoms. The zero-order valence-electron chi connectivity index (χ0n) is 16.2. The molecule has 4 aromatic rings. The van der Waals surface area contributed by atoms with E-state index in [1.165, 1.54) is 11.8 Å². The summed E-state index contributed by atoms with van der Waals surface area (Å²) < 4.78 is 5.28. The molecule has 0 fully saturated rings. The standard InChI is InChI=1S/C22H17N5O3S/c28-21(23-10-9-19-25-20(27-26-19)16-5-3-11-30-16)13-7-8-18-15(12-13)24-22(29)14-4-1-2-6-17(14)31-18/h1-8,11-12H,9-10H2,(H,23,28)(H,24,29)(H,25,26,27). The maximum Gasteiger partial charge on any atom is 0.256 e. The van der Waals surface area contributed by atoms with Gasteiger partial charge in [0.25, 0.3) is 11.8 Å². The van der Waals surface area contributed by atoms with Crippen molar-refractivity contribution in [1.82, 2.24) is 20.5 Å². The average molecular weight is 431 g/mol. The predicted molar refractivity (Wildman–Crippen MR) is 115 cm³/mol. The van der Waals surface area contributed by atoms with Gasteiger partial charge in [-0.2, -0.15) is 0 Å². The maximum atomic E-state index is 12.6. The van der Waals surface area contributed by atoms with E-state index in [1.54, 1.807) is 36.6 Å². The van der Waals surface area contributed by atoms with Gasteiger partial charge in [-0.25, -0.2) is 0 Å². The molecule has 0 spiro atoms. The SMILES string of the molecule is O=C(NCCc1nnc(-c2ccco2)[nH]1)c1ccc2c(c1)NC(=O)c1ccccc1S2. The Labute approximate surface area is 181 Å². The van der Waals surface area contributed by atoms with E-state index >= 15 is 0 Å². The van der Waals surface area contributed by atoms with E-state index in [4.69, 9.17) is 4.42 Å². The molecule has 2 aromatic heterocycles. The van der Waals surface area contributed by atoms with Crippen molar-refractivity contribution in [2.24, 2.45) is 0 Å². The Hall–Kier alpha value is -3.85. The fraction of sp³-hybridized carbons (Fsp3) is 0.0909. The van der Waals surface area contributed by atoms with E-state index in [0.717, 1.165) is 9.79 Å². The minimum absolute atomic E-state index is 0.183. The molecule has 9 heteroatoms. The van der Waals surface area contributed by atoms with Gasteiger partial charge in [-0.3, -0.25) is 9.59 Å². The van der Waals surface area contributed by atoms with E-state index in [1.807, 2.05) is 24.3 Å². The van der Waals surface area contributed by atoms with Crippen LogP contribution in [-0.4, -0.2) is 33.5 Å². The van der Waals surface area contributed by atoms with Crippen LogP contribution in [0.4, 0.5) is 5.69 Å². The molecule has 0 atom stereocenters. The Morgan fingerprint density at radius 3 is 2.84 bits per heavy atom. The van der Waals surface area contributed by atoms with Crippen LogP contribution in [-0.2, 0) is 6.42 Å². The van der Waals surface area contributed by atoms with E-state index in [2.05, 4.69) is 25.8 Å². The van der Waals surface area contributed by atoms with Crippen molar-refractivity contribution in [3.63, 3.8) is 0 Å². The molecule has 0 unspecified atom stereocenters. The number of rotatable bonds is 5. The highest BCUT2D eigenvalue weighted by molar-refractivity contribution is 7.99. The molecule has 5 rings (SSSR count). The van der Waals surface area contributed by atoms with Crippen LogP contribution in [0.1, 0.15) is 26.5 Å². The van der Waals surface area contributed by atoms with E-state index in [0.29, 0.717) is 47.2 Å². The number of hydrogen-bond acceptors (Lipinski definition) is 6. The number of aromatic amines is 1. The topological polar surface area (TPSA) is 113 Å². The average Bonchev–Trinajstić information content (AvgIpc) is 3.44. The number of H-pyrrole nitrogens is 1. The fourth-order valence-electron chi connectivity index (χ4n) is 3.24. The van der Waals surface area contributed by atoms with Gasteiger partial charge < -0.3 is 20.0 Å². The summed E-state index contributed by atoms with van der Waals surface area (Å²) >= 11 is 1.50. The van der Waals surface area contributed by atoms with Crippen molar-refractivity contribution >= 4 is 29.3 Å². The lowest BCUT2D eigenvalue weighted by atomic mass is 10.1. The molecule has 1 aliphatic rings. The van der Waals surface area contributed by atoms with Crippen LogP contribution in [0, 0.1) is 0 Å². The van der Waals surface area contributed by atoms with Crippen LogP contribution in [0.3, 0.4) is 0 Å². The predicted octanol–water partition coefficient (Wildman–Crippen LogP) is 3.75. The first-order valence-electron chi connectivity index (χ1n) is 9.63. The first-order chi connectivity index (χ1) is 15.2. The van der Waals surface area contributed by atoms with E-state index < -0.39 is 0 Å². The third-order valence-electron chi connectivity index (χ3n) is 4.78. The van der Waals surface area contributed by atoms with Crippen LogP contribution in [0.15, 0.2) is 75.1 Å². The molecule has 0 saturated carbocycles. The van der Waals surface area contributed by atoms with Gasteiger partial charge in [0, 0.05) is 28.3 Å². The zero-order valence-corrected chi connectivity index (χ0v) is 17.0. The van der Waals surface area contributed by atoms with Crippen molar-refractivity contribution < 1.29 is 14.0 Å². The highest BCUT2D eigenvalue weighted by Gasteiger charge is 2.20. The van der Waals surface area contributed by atoms with Gasteiger partial charge in [0.1, 0.15) is 5.82 Å². The number of furan rings is 1. The molecule has 31 heavy (non-hydrogen) atoms. The van der Waals surface area contributed by atoms with Gasteiger partial charge >= 0.3 is 0 Å². The van der Waals surface area contributed by atoms with Crippen molar-refractivity contribution in [1.29, 1.82) is 0 Å². The molecule has 0 aliphatic carbocycles. The largest absolute Gasteiger partial charge is 0.461 e. The second-order valence-corrected chi connectivity index (χ2v) is 7.95. The second-order valence-electron chi connectivity index (χ2n) is 6.87. The van der Waals surface area contributed by atoms with Crippen molar-refractivity contribution in [3.05, 3.63) is 77.8 Å². The number of carbonyl (C=O) groups excluding carboxylic acids is 2. The lowest BCUT2D eigenvalue weighted by Gasteiger charge is -2.09. The van der Waals surface area contributed by atoms with Crippen molar-refractivity contribution in [3.8, 4) is 11.6 Å². The number of hydrogen-bond donors (Lipinski definition) is 3. The number of fused-ring (bicyclic) bond motifs is 2. The Morgan fingerprint density at radius 2 is 1.97 bits per heavy atom. The Kier molecular flexibility index (Phi) is 5.01. The third kappa shape index (κ3) is 3.95. The molecule has 154 valence electrons. The van der Waals surface area contributed by atoms with Crippen LogP contribution in [0.2, 0.25) is 0 Å². The van der Waals surface area contributed by atoms with Gasteiger partial charge in [0.2, 0.25) is 0 Å². The van der Waals surface area contributed by atoms with Crippen LogP contribution in [0.25, 0.3) is 11.6 Å². The number of anilines is 1. The van der Waals surface area contributed by atoms with Crippen molar-refractivity contribution in [2.75, 3.05) is 11.9 Å². The number of amides is 2. The molecular formula is C22H17N5O3S. The first kappa shape index (κ1) is 19.1. The van der Waals surface area contributed by atoms with Crippen LogP contribution >= 0.6 is 11.8 Å². The fourth-order valence-corrected chi connectivity index (χ4v) is 4.25. The monoisotopic (exact) mass is 431 g/mol. The van der Waals surface area contributed by atoms with Gasteiger partial charge in [0.05, 0.1) is 17.5 Å². The minimum Gasteiger partial charge on any atom is -0.461 e. The number of nitrogens with zero attached hydrogens (tertiary/aromatic N) is 2. The third-order valence-corrected chi connectivity index (χ3v) is 5.93. The highest BCUT2D eigenvalue weighted by atomic mass is 32.2. The molecule has 3 N–H and O–H groups in total. The molecule has 2 amide bonds. The maximum absolute atomic E-state index is 12.6. The molecule has 2 aromatic carbocycles. The Balaban J connectivity index is 1.24. The lowest BCUT2D eigenvalue weighted by Crippen LogP contribution is -2.26. The number of benzene rings is 2. The summed E-state index contributed by atoms with van der Waals surface area (Å²) in [6.45, 7) is 0.384. The molecule has 3 heterocycles. The summed E-state index contributed by atoms with van der Waals surface area (Å²) in [6.07, 6.45) is 2.06. The summed E-state index contributed by atoms with van der Waals surface area (Å²) in [4.78, 5) is 30.0. The lowest BCUT2D eigenvalue weighted by molar-refractivity contribution is 0.0952. The second kappa shape index (κ2) is 8.11. The van der Waals surface area contributed by atoms with Gasteiger partial charge in [0.15, 0.2) is 11.6 Å². The Morgan fingerprint density at radius 1 is 1.06 bits per heavy atom. The van der Waals surface area contributed by atoms with Gasteiger partial charge in [-0.1, -0.05) is 23.9 Å². The summed E-state index contributed by atoms with van der Waals surface area (Å²) in [7, 11) is 0. The first-order valence-corrected chi connectivity index (χ1v) is 10.4. The van der Waals surface area contributed by atoms with E-state index in [-0.39, 0.29) is 11.8 Å². The summed E-state index contributed by atoms with van der Waals surface area (Å²) in [5, 5.41) is 13.9. The Bertz CT molecular complexity index is 1270. The smallest absolute Gasteiger partial charge is 0.256 e. The minimum atomic E-state index is -0.227. The van der Waals surface area contributed by atoms with E-state index in [9.17, 15) is 9.59 Å². The van der Waals surface area contributed by atoms with Gasteiger partial charge in [-0.05, 0) is 42.5 Å². The normalized spacial score (nSPS) is 12.5. The molecule has 1 aliphatic heterocycles. The van der Waals surface area contributed by atoms with Crippen molar-refractivity contribution in [2.45, 2.75) is 16.2 Å². The highest BCUT2D eigenvalue weighted by Crippen LogP contribution is 2.38. The van der Waals surface area contributed by atoms with Crippen LogP contribution in [0.5, 0.6) is 0 Å².